The summed E-state index contributed by atoms with van der Waals surface area (Å²) in [5.74, 6) is 0.956. The number of halogens is 1. The summed E-state index contributed by atoms with van der Waals surface area (Å²) in [7, 11) is 0. The topological polar surface area (TPSA) is 76.0 Å². The summed E-state index contributed by atoms with van der Waals surface area (Å²) in [4.78, 5) is 18.6. The van der Waals surface area contributed by atoms with E-state index in [-0.39, 0.29) is 11.5 Å². The average Bonchev–Trinajstić information content (AvgIpc) is 3.30. The van der Waals surface area contributed by atoms with E-state index in [1.807, 2.05) is 60.8 Å². The molecule has 0 radical (unpaired) electrons. The molecule has 2 aromatic heterocycles. The van der Waals surface area contributed by atoms with E-state index >= 15 is 0 Å². The zero-order valence-corrected chi connectivity index (χ0v) is 22.4. The first-order valence-corrected chi connectivity index (χ1v) is 13.7. The number of nitriles is 1. The lowest BCUT2D eigenvalue weighted by atomic mass is 9.88. The normalized spacial score (nSPS) is 14.4. The van der Waals surface area contributed by atoms with Crippen LogP contribution in [0.25, 0.3) is 21.8 Å². The first-order valence-electron chi connectivity index (χ1n) is 12.9. The van der Waals surface area contributed by atoms with Gasteiger partial charge in [-0.25, -0.2) is 4.98 Å². The number of hydrogen-bond donors (Lipinski definition) is 0. The Labute approximate surface area is 229 Å². The summed E-state index contributed by atoms with van der Waals surface area (Å²) in [5.41, 5.74) is 4.13. The van der Waals surface area contributed by atoms with Gasteiger partial charge in [-0.2, -0.15) is 15.0 Å². The Balaban J connectivity index is 1.46. The van der Waals surface area contributed by atoms with Crippen LogP contribution in [0.3, 0.4) is 0 Å². The van der Waals surface area contributed by atoms with Gasteiger partial charge in [-0.05, 0) is 48.7 Å². The molecule has 6 rings (SSSR count). The number of nitrogens with zero attached hydrogens (tertiary/aromatic N) is 5. The van der Waals surface area contributed by atoms with Crippen molar-refractivity contribution in [3.05, 3.63) is 110 Å². The van der Waals surface area contributed by atoms with Crippen molar-refractivity contribution < 1.29 is 0 Å². The summed E-state index contributed by atoms with van der Waals surface area (Å²) in [5, 5.41) is 15.9. The summed E-state index contributed by atoms with van der Waals surface area (Å²) < 4.78 is 4.49. The van der Waals surface area contributed by atoms with Crippen LogP contribution in [0, 0.1) is 11.3 Å². The van der Waals surface area contributed by atoms with Crippen molar-refractivity contribution in [2.75, 3.05) is 0 Å². The fourth-order valence-corrected chi connectivity index (χ4v) is 5.84. The lowest BCUT2D eigenvalue weighted by Crippen LogP contribution is -2.25. The summed E-state index contributed by atoms with van der Waals surface area (Å²) in [6.45, 7) is 0.566. The minimum Gasteiger partial charge on any atom is -0.342 e. The number of para-hydroxylation sites is 1. The van der Waals surface area contributed by atoms with E-state index in [1.54, 1.807) is 6.21 Å². The number of hydrogen-bond acceptors (Lipinski definition) is 4. The second kappa shape index (κ2) is 10.4. The highest BCUT2D eigenvalue weighted by Gasteiger charge is 2.22. The Morgan fingerprint density at radius 1 is 1.03 bits per heavy atom. The molecule has 3 aromatic carbocycles. The Morgan fingerprint density at radius 2 is 1.82 bits per heavy atom. The van der Waals surface area contributed by atoms with Gasteiger partial charge in [-0.15, -0.1) is 0 Å². The van der Waals surface area contributed by atoms with E-state index in [9.17, 15) is 10.1 Å². The molecule has 1 fully saturated rings. The van der Waals surface area contributed by atoms with Crippen molar-refractivity contribution in [2.45, 2.75) is 44.6 Å². The zero-order chi connectivity index (χ0) is 26.1. The van der Waals surface area contributed by atoms with Crippen LogP contribution in [-0.4, -0.2) is 20.4 Å². The highest BCUT2D eigenvalue weighted by Crippen LogP contribution is 2.32. The smallest absolute Gasteiger partial charge is 0.282 e. The Kier molecular flexibility index (Phi) is 6.65. The molecule has 0 aliphatic heterocycles. The predicted molar refractivity (Wildman–Crippen MR) is 155 cm³/mol. The molecule has 5 aromatic rings. The summed E-state index contributed by atoms with van der Waals surface area (Å²) >= 11 is 3.49. The Bertz CT molecular complexity index is 1790. The fraction of sp³-hybridized carbons (Fsp3) is 0.226. The molecule has 1 aliphatic rings. The molecule has 38 heavy (non-hydrogen) atoms. The molecule has 2 heterocycles. The molecule has 1 saturated carbocycles. The van der Waals surface area contributed by atoms with Crippen molar-refractivity contribution in [1.29, 1.82) is 5.26 Å². The Morgan fingerprint density at radius 3 is 2.66 bits per heavy atom. The minimum absolute atomic E-state index is 0.153. The standard InChI is InChI=1S/C31H26BrN5O/c32-25-14-15-28-27(16-25)31(38)37(30(35-28)21-8-2-1-3-9-21)34-18-24-20-36(29-13-7-6-12-26(24)29)19-23-11-5-4-10-22(23)17-33/h4-7,10-16,18,20-21H,1-3,8-9,19H2. The van der Waals surface area contributed by atoms with E-state index in [0.29, 0.717) is 23.0 Å². The number of aromatic nitrogens is 3. The minimum atomic E-state index is -0.153. The van der Waals surface area contributed by atoms with E-state index in [4.69, 9.17) is 10.1 Å². The monoisotopic (exact) mass is 563 g/mol. The van der Waals surface area contributed by atoms with Crippen molar-refractivity contribution in [3.63, 3.8) is 0 Å². The quantitative estimate of drug-likeness (QED) is 0.217. The van der Waals surface area contributed by atoms with Gasteiger partial charge in [0, 0.05) is 39.6 Å². The van der Waals surface area contributed by atoms with Crippen LogP contribution in [-0.2, 0) is 6.54 Å². The van der Waals surface area contributed by atoms with Gasteiger partial charge in [-0.1, -0.05) is 71.6 Å². The maximum atomic E-state index is 13.7. The molecule has 1 aliphatic carbocycles. The second-order valence-electron chi connectivity index (χ2n) is 9.83. The maximum Gasteiger partial charge on any atom is 0.282 e. The molecule has 0 N–H and O–H groups in total. The molecule has 0 spiro atoms. The lowest BCUT2D eigenvalue weighted by molar-refractivity contribution is 0.416. The maximum absolute atomic E-state index is 13.7. The third-order valence-corrected chi connectivity index (χ3v) is 7.91. The van der Waals surface area contributed by atoms with Gasteiger partial charge < -0.3 is 4.57 Å². The lowest BCUT2D eigenvalue weighted by Gasteiger charge is -2.22. The first kappa shape index (κ1) is 24.3. The van der Waals surface area contributed by atoms with Gasteiger partial charge in [0.25, 0.3) is 5.56 Å². The molecule has 188 valence electrons. The average molecular weight is 564 g/mol. The van der Waals surface area contributed by atoms with Crippen LogP contribution in [0.2, 0.25) is 0 Å². The van der Waals surface area contributed by atoms with Gasteiger partial charge in [0.1, 0.15) is 5.82 Å². The molecule has 0 atom stereocenters. The van der Waals surface area contributed by atoms with Crippen LogP contribution in [0.15, 0.2) is 87.3 Å². The number of rotatable bonds is 5. The molecular formula is C31H26BrN5O. The molecule has 6 nitrogen and oxygen atoms in total. The molecule has 0 amide bonds. The molecule has 0 saturated heterocycles. The van der Waals surface area contributed by atoms with E-state index in [0.717, 1.165) is 58.0 Å². The van der Waals surface area contributed by atoms with Gasteiger partial charge in [0.2, 0.25) is 0 Å². The predicted octanol–water partition coefficient (Wildman–Crippen LogP) is 6.96. The summed E-state index contributed by atoms with van der Waals surface area (Å²) in [6, 6.07) is 23.7. The first-order chi connectivity index (χ1) is 18.6. The highest BCUT2D eigenvalue weighted by atomic mass is 79.9. The molecule has 0 unspecified atom stereocenters. The van der Waals surface area contributed by atoms with Gasteiger partial charge in [0.05, 0.1) is 28.8 Å². The van der Waals surface area contributed by atoms with Crippen LogP contribution < -0.4 is 5.56 Å². The second-order valence-corrected chi connectivity index (χ2v) is 10.7. The van der Waals surface area contributed by atoms with Crippen LogP contribution >= 0.6 is 15.9 Å². The van der Waals surface area contributed by atoms with Gasteiger partial charge in [-0.3, -0.25) is 4.79 Å². The van der Waals surface area contributed by atoms with Crippen molar-refractivity contribution in [1.82, 2.24) is 14.2 Å². The van der Waals surface area contributed by atoms with Crippen molar-refractivity contribution in [3.8, 4) is 6.07 Å². The third kappa shape index (κ3) is 4.57. The van der Waals surface area contributed by atoms with Crippen LogP contribution in [0.1, 0.15) is 60.5 Å². The third-order valence-electron chi connectivity index (χ3n) is 7.41. The van der Waals surface area contributed by atoms with Crippen LogP contribution in [0.5, 0.6) is 0 Å². The van der Waals surface area contributed by atoms with Crippen molar-refractivity contribution in [2.24, 2.45) is 5.10 Å². The summed E-state index contributed by atoms with van der Waals surface area (Å²) in [6.07, 6.45) is 9.34. The van der Waals surface area contributed by atoms with Crippen LogP contribution in [0.4, 0.5) is 0 Å². The molecular weight excluding hydrogens is 538 g/mol. The van der Waals surface area contributed by atoms with E-state index in [2.05, 4.69) is 38.7 Å². The molecule has 7 heteroatoms. The molecule has 0 bridgehead atoms. The Hall–Kier alpha value is -4.02. The number of benzene rings is 3. The zero-order valence-electron chi connectivity index (χ0n) is 20.8. The van der Waals surface area contributed by atoms with E-state index < -0.39 is 0 Å². The van der Waals surface area contributed by atoms with E-state index in [1.165, 1.54) is 11.1 Å². The number of fused-ring (bicyclic) bond motifs is 2. The highest BCUT2D eigenvalue weighted by molar-refractivity contribution is 9.10. The van der Waals surface area contributed by atoms with Crippen molar-refractivity contribution >= 4 is 44.0 Å². The van der Waals surface area contributed by atoms with Gasteiger partial charge in [0.15, 0.2) is 0 Å². The fourth-order valence-electron chi connectivity index (χ4n) is 5.48. The van der Waals surface area contributed by atoms with Gasteiger partial charge >= 0.3 is 0 Å². The largest absolute Gasteiger partial charge is 0.342 e. The SMILES string of the molecule is N#Cc1ccccc1Cn1cc(C=Nn2c(C3CCCCC3)nc3ccc(Br)cc3c2=O)c2ccccc21.